The first-order valence-electron chi connectivity index (χ1n) is 11.2. The molecular formula is C25H23N3O7. The molecule has 0 saturated carbocycles. The van der Waals surface area contributed by atoms with Gasteiger partial charge in [-0.1, -0.05) is 53.7 Å². The van der Waals surface area contributed by atoms with Gasteiger partial charge in [0.2, 0.25) is 5.88 Å². The lowest BCUT2D eigenvalue weighted by atomic mass is 9.98. The van der Waals surface area contributed by atoms with Gasteiger partial charge in [-0.15, -0.1) is 0 Å². The van der Waals surface area contributed by atoms with E-state index in [4.69, 9.17) is 19.1 Å². The number of carboxylic acids is 1. The number of aromatic nitrogens is 1. The Kier molecular flexibility index (Phi) is 6.19. The van der Waals surface area contributed by atoms with E-state index in [2.05, 4.69) is 22.6 Å². The molecule has 2 aliphatic rings. The number of carboxylic acid groups (broad SMARTS) is 1. The number of hydrogen-bond donors (Lipinski definition) is 2. The van der Waals surface area contributed by atoms with E-state index in [-0.39, 0.29) is 43.7 Å². The SMILES string of the molecule is O=C(O)CC1CN(C(=O)c2cc(NC(=O)OCC3c4ccccc4-c4ccccc43)on2)CCO1. The molecule has 1 aliphatic carbocycles. The number of fused-ring (bicyclic) bond motifs is 3. The van der Waals surface area contributed by atoms with Gasteiger partial charge in [-0.25, -0.2) is 4.79 Å². The van der Waals surface area contributed by atoms with Crippen molar-refractivity contribution in [3.05, 3.63) is 71.4 Å². The second-order valence-corrected chi connectivity index (χ2v) is 8.37. The third-order valence-corrected chi connectivity index (χ3v) is 6.13. The number of rotatable bonds is 6. The lowest BCUT2D eigenvalue weighted by Gasteiger charge is -2.31. The lowest BCUT2D eigenvalue weighted by molar-refractivity contribution is -0.141. The number of nitrogens with one attached hydrogen (secondary N) is 1. The molecule has 35 heavy (non-hydrogen) atoms. The molecule has 3 aromatic rings. The normalized spacial score (nSPS) is 16.9. The van der Waals surface area contributed by atoms with Crippen molar-refractivity contribution >= 4 is 23.9 Å². The van der Waals surface area contributed by atoms with Crippen molar-refractivity contribution < 1.29 is 33.5 Å². The van der Waals surface area contributed by atoms with E-state index in [0.717, 1.165) is 22.3 Å². The van der Waals surface area contributed by atoms with Crippen molar-refractivity contribution in [2.24, 2.45) is 0 Å². The highest BCUT2D eigenvalue weighted by atomic mass is 16.6. The van der Waals surface area contributed by atoms with Gasteiger partial charge in [0.25, 0.3) is 5.91 Å². The van der Waals surface area contributed by atoms with Crippen LogP contribution >= 0.6 is 0 Å². The standard InChI is InChI=1S/C25H23N3O7/c29-23(30)11-15-13-28(9-10-33-15)24(31)21-12-22(35-27-21)26-25(32)34-14-20-18-7-3-1-5-16(18)17-6-2-4-8-19(17)20/h1-8,12,15,20H,9-11,13-14H2,(H,26,32)(H,29,30). The molecule has 2 amide bonds. The molecule has 1 atom stereocenters. The quantitative estimate of drug-likeness (QED) is 0.553. The maximum Gasteiger partial charge on any atom is 0.414 e. The van der Waals surface area contributed by atoms with Crippen LogP contribution < -0.4 is 5.32 Å². The first-order valence-corrected chi connectivity index (χ1v) is 11.2. The van der Waals surface area contributed by atoms with Gasteiger partial charge in [0.05, 0.1) is 19.1 Å². The molecule has 2 heterocycles. The lowest BCUT2D eigenvalue weighted by Crippen LogP contribution is -2.46. The summed E-state index contributed by atoms with van der Waals surface area (Å²) in [6, 6.07) is 17.4. The molecule has 0 bridgehead atoms. The van der Waals surface area contributed by atoms with Gasteiger partial charge < -0.3 is 24.0 Å². The number of nitrogens with zero attached hydrogens (tertiary/aromatic N) is 2. The number of morpholine rings is 1. The molecule has 5 rings (SSSR count). The monoisotopic (exact) mass is 477 g/mol. The highest BCUT2D eigenvalue weighted by Crippen LogP contribution is 2.44. The van der Waals surface area contributed by atoms with Gasteiger partial charge >= 0.3 is 12.1 Å². The molecule has 0 radical (unpaired) electrons. The predicted molar refractivity (Wildman–Crippen MR) is 123 cm³/mol. The molecule has 10 nitrogen and oxygen atoms in total. The van der Waals surface area contributed by atoms with E-state index >= 15 is 0 Å². The van der Waals surface area contributed by atoms with Crippen LogP contribution in [0.2, 0.25) is 0 Å². The Bertz CT molecular complexity index is 1230. The summed E-state index contributed by atoms with van der Waals surface area (Å²) in [5.74, 6) is -1.55. The first-order chi connectivity index (χ1) is 17.0. The van der Waals surface area contributed by atoms with Crippen LogP contribution in [0.5, 0.6) is 0 Å². The van der Waals surface area contributed by atoms with Crippen molar-refractivity contribution in [2.45, 2.75) is 18.4 Å². The summed E-state index contributed by atoms with van der Waals surface area (Å²) >= 11 is 0. The molecule has 180 valence electrons. The Morgan fingerprint density at radius 2 is 1.77 bits per heavy atom. The summed E-state index contributed by atoms with van der Waals surface area (Å²) in [5, 5.41) is 15.1. The van der Waals surface area contributed by atoms with E-state index < -0.39 is 24.1 Å². The van der Waals surface area contributed by atoms with Crippen molar-refractivity contribution in [3.63, 3.8) is 0 Å². The summed E-state index contributed by atoms with van der Waals surface area (Å²) in [6.07, 6.45) is -1.51. The topological polar surface area (TPSA) is 131 Å². The number of amides is 2. The average molecular weight is 477 g/mol. The van der Waals surface area contributed by atoms with Crippen LogP contribution in [0.4, 0.5) is 10.7 Å². The van der Waals surface area contributed by atoms with E-state index in [1.54, 1.807) is 0 Å². The minimum atomic E-state index is -1.000. The molecule has 2 N–H and O–H groups in total. The second kappa shape index (κ2) is 9.59. The maximum atomic E-state index is 12.7. The molecule has 1 fully saturated rings. The van der Waals surface area contributed by atoms with Gasteiger partial charge in [-0.3, -0.25) is 14.9 Å². The molecular weight excluding hydrogens is 454 g/mol. The Morgan fingerprint density at radius 1 is 1.09 bits per heavy atom. The second-order valence-electron chi connectivity index (χ2n) is 8.37. The van der Waals surface area contributed by atoms with Crippen molar-refractivity contribution in [2.75, 3.05) is 31.6 Å². The molecule has 10 heteroatoms. The molecule has 1 aliphatic heterocycles. The maximum absolute atomic E-state index is 12.7. The van der Waals surface area contributed by atoms with Crippen molar-refractivity contribution in [1.82, 2.24) is 10.1 Å². The molecule has 1 aromatic heterocycles. The predicted octanol–water partition coefficient (Wildman–Crippen LogP) is 3.35. The summed E-state index contributed by atoms with van der Waals surface area (Å²) < 4.78 is 15.9. The molecule has 0 spiro atoms. The minimum Gasteiger partial charge on any atom is -0.481 e. The Balaban J connectivity index is 1.19. The zero-order chi connectivity index (χ0) is 24.4. The van der Waals surface area contributed by atoms with Crippen LogP contribution in [-0.2, 0) is 14.3 Å². The smallest absolute Gasteiger partial charge is 0.414 e. The number of hydrogen-bond acceptors (Lipinski definition) is 7. The minimum absolute atomic E-state index is 0.00470. The van der Waals surface area contributed by atoms with Crippen LogP contribution in [0.25, 0.3) is 11.1 Å². The van der Waals surface area contributed by atoms with E-state index in [0.29, 0.717) is 6.54 Å². The number of ether oxygens (including phenoxy) is 2. The van der Waals surface area contributed by atoms with Gasteiger partial charge in [-0.05, 0) is 22.3 Å². The summed E-state index contributed by atoms with van der Waals surface area (Å²) in [6.45, 7) is 0.801. The average Bonchev–Trinajstić information content (AvgIpc) is 3.45. The van der Waals surface area contributed by atoms with E-state index in [1.165, 1.54) is 11.0 Å². The molecule has 1 unspecified atom stereocenters. The van der Waals surface area contributed by atoms with Gasteiger partial charge in [0.1, 0.15) is 6.61 Å². The highest BCUT2D eigenvalue weighted by Gasteiger charge is 2.30. The van der Waals surface area contributed by atoms with Crippen molar-refractivity contribution in [3.8, 4) is 11.1 Å². The van der Waals surface area contributed by atoms with Gasteiger partial charge in [0, 0.05) is 25.1 Å². The third kappa shape index (κ3) is 4.73. The summed E-state index contributed by atoms with van der Waals surface area (Å²) in [7, 11) is 0. The number of aliphatic carboxylic acids is 1. The number of carbonyl (C=O) groups is 3. The summed E-state index contributed by atoms with van der Waals surface area (Å²) in [5.41, 5.74) is 4.45. The fourth-order valence-electron chi connectivity index (χ4n) is 4.55. The zero-order valence-corrected chi connectivity index (χ0v) is 18.7. The van der Waals surface area contributed by atoms with Crippen LogP contribution in [-0.4, -0.2) is 65.5 Å². The van der Waals surface area contributed by atoms with Crippen molar-refractivity contribution in [1.29, 1.82) is 0 Å². The Hall–Kier alpha value is -4.18. The Labute approximate surface area is 200 Å². The fraction of sp³-hybridized carbons (Fsp3) is 0.280. The number of anilines is 1. The van der Waals surface area contributed by atoms with Crippen LogP contribution in [0.1, 0.15) is 34.0 Å². The molecule has 2 aromatic carbocycles. The largest absolute Gasteiger partial charge is 0.481 e. The zero-order valence-electron chi connectivity index (χ0n) is 18.7. The third-order valence-electron chi connectivity index (χ3n) is 6.13. The van der Waals surface area contributed by atoms with E-state index in [9.17, 15) is 14.4 Å². The van der Waals surface area contributed by atoms with E-state index in [1.807, 2.05) is 36.4 Å². The van der Waals surface area contributed by atoms with Gasteiger partial charge in [0.15, 0.2) is 5.69 Å². The van der Waals surface area contributed by atoms with Crippen LogP contribution in [0.15, 0.2) is 59.1 Å². The Morgan fingerprint density at radius 3 is 2.46 bits per heavy atom. The fourth-order valence-corrected chi connectivity index (χ4v) is 4.55. The first kappa shape index (κ1) is 22.6. The number of benzene rings is 2. The van der Waals surface area contributed by atoms with Crippen LogP contribution in [0.3, 0.4) is 0 Å². The number of carbonyl (C=O) groups excluding carboxylic acids is 2. The highest BCUT2D eigenvalue weighted by molar-refractivity contribution is 5.94. The van der Waals surface area contributed by atoms with Gasteiger partial charge in [-0.2, -0.15) is 0 Å². The summed E-state index contributed by atoms with van der Waals surface area (Å²) in [4.78, 5) is 37.5. The van der Waals surface area contributed by atoms with Crippen LogP contribution in [0, 0.1) is 0 Å². The molecule has 1 saturated heterocycles.